The van der Waals surface area contributed by atoms with Crippen LogP contribution in [0.15, 0.2) is 84.0 Å². The highest BCUT2D eigenvalue weighted by Crippen LogP contribution is 2.28. The summed E-state index contributed by atoms with van der Waals surface area (Å²) in [6.07, 6.45) is 0.975. The predicted octanol–water partition coefficient (Wildman–Crippen LogP) is 5.54. The zero-order valence-electron chi connectivity index (χ0n) is 17.6. The van der Waals surface area contributed by atoms with Gasteiger partial charge >= 0.3 is 0 Å². The van der Waals surface area contributed by atoms with Crippen LogP contribution < -0.4 is 5.32 Å². The number of nitrogens with one attached hydrogen (secondary N) is 1. The number of rotatable bonds is 7. The van der Waals surface area contributed by atoms with Gasteiger partial charge in [-0.05, 0) is 49.2 Å². The first-order valence-corrected chi connectivity index (χ1v) is 11.2. The molecule has 4 aromatic rings. The van der Waals surface area contributed by atoms with Crippen molar-refractivity contribution in [2.45, 2.75) is 25.4 Å². The van der Waals surface area contributed by atoms with Gasteiger partial charge in [-0.3, -0.25) is 9.36 Å². The maximum Gasteiger partial charge on any atom is 0.234 e. The molecular formula is C25H24N4OS. The van der Waals surface area contributed by atoms with E-state index >= 15 is 0 Å². The van der Waals surface area contributed by atoms with Crippen molar-refractivity contribution in [3.05, 3.63) is 90.0 Å². The molecule has 0 saturated heterocycles. The zero-order valence-corrected chi connectivity index (χ0v) is 18.4. The number of hydrogen-bond acceptors (Lipinski definition) is 4. The van der Waals surface area contributed by atoms with Crippen molar-refractivity contribution in [2.75, 3.05) is 11.1 Å². The largest absolute Gasteiger partial charge is 0.325 e. The molecule has 0 saturated carbocycles. The Kier molecular flexibility index (Phi) is 6.48. The Bertz CT molecular complexity index is 1170. The van der Waals surface area contributed by atoms with Crippen LogP contribution in [0.25, 0.3) is 17.1 Å². The predicted molar refractivity (Wildman–Crippen MR) is 127 cm³/mol. The quantitative estimate of drug-likeness (QED) is 0.393. The molecule has 0 unspecified atom stereocenters. The number of hydrogen-bond donors (Lipinski definition) is 1. The molecule has 6 heteroatoms. The molecule has 1 heterocycles. The van der Waals surface area contributed by atoms with Crippen molar-refractivity contribution < 1.29 is 4.79 Å². The first kappa shape index (κ1) is 20.9. The first-order valence-electron chi connectivity index (χ1n) is 10.2. The average Bonchev–Trinajstić information content (AvgIpc) is 3.23. The lowest BCUT2D eigenvalue weighted by atomic mass is 10.1. The Morgan fingerprint density at radius 2 is 1.74 bits per heavy atom. The Morgan fingerprint density at radius 3 is 2.45 bits per heavy atom. The van der Waals surface area contributed by atoms with Crippen molar-refractivity contribution in [1.29, 1.82) is 0 Å². The topological polar surface area (TPSA) is 59.8 Å². The first-order chi connectivity index (χ1) is 15.1. The second-order valence-electron chi connectivity index (χ2n) is 7.23. The average molecular weight is 429 g/mol. The fourth-order valence-corrected chi connectivity index (χ4v) is 4.05. The second-order valence-corrected chi connectivity index (χ2v) is 8.18. The number of amides is 1. The molecule has 0 bridgehead atoms. The Balaban J connectivity index is 1.56. The Hall–Kier alpha value is -3.38. The number of carbonyl (C=O) groups is 1. The van der Waals surface area contributed by atoms with E-state index in [0.29, 0.717) is 5.16 Å². The summed E-state index contributed by atoms with van der Waals surface area (Å²) >= 11 is 1.37. The highest BCUT2D eigenvalue weighted by molar-refractivity contribution is 7.99. The van der Waals surface area contributed by atoms with Gasteiger partial charge in [-0.25, -0.2) is 0 Å². The molecule has 0 aliphatic carbocycles. The van der Waals surface area contributed by atoms with E-state index in [4.69, 9.17) is 0 Å². The van der Waals surface area contributed by atoms with Crippen LogP contribution in [0.5, 0.6) is 0 Å². The highest BCUT2D eigenvalue weighted by atomic mass is 32.2. The van der Waals surface area contributed by atoms with Gasteiger partial charge in [0.1, 0.15) is 0 Å². The molecule has 1 amide bonds. The Morgan fingerprint density at radius 1 is 0.968 bits per heavy atom. The van der Waals surface area contributed by atoms with E-state index in [2.05, 4.69) is 41.5 Å². The summed E-state index contributed by atoms with van der Waals surface area (Å²) in [5.74, 6) is 0.927. The summed E-state index contributed by atoms with van der Waals surface area (Å²) in [4.78, 5) is 12.5. The van der Waals surface area contributed by atoms with Crippen molar-refractivity contribution in [3.63, 3.8) is 0 Å². The van der Waals surface area contributed by atoms with Gasteiger partial charge in [0.25, 0.3) is 0 Å². The van der Waals surface area contributed by atoms with Crippen LogP contribution in [0.3, 0.4) is 0 Å². The van der Waals surface area contributed by atoms with Crippen molar-refractivity contribution in [3.8, 4) is 17.1 Å². The number of thioether (sulfide) groups is 1. The Labute approximate surface area is 186 Å². The maximum absolute atomic E-state index is 12.5. The van der Waals surface area contributed by atoms with Crippen LogP contribution in [0.2, 0.25) is 0 Å². The molecule has 0 radical (unpaired) electrons. The van der Waals surface area contributed by atoms with Crippen LogP contribution >= 0.6 is 11.8 Å². The number of aromatic nitrogens is 3. The lowest BCUT2D eigenvalue weighted by Crippen LogP contribution is -2.14. The minimum Gasteiger partial charge on any atom is -0.325 e. The third-order valence-corrected chi connectivity index (χ3v) is 5.83. The van der Waals surface area contributed by atoms with Crippen LogP contribution in [0.1, 0.15) is 18.1 Å². The number of carbonyl (C=O) groups excluding carboxylic acids is 1. The standard InChI is InChI=1S/C25H24N4OS/c1-3-19-12-14-21(15-13-19)26-23(30)17-31-25-28-27-24(20-9-7-8-18(2)16-20)29(25)22-10-5-4-6-11-22/h4-16H,3,17H2,1-2H3,(H,26,30). The summed E-state index contributed by atoms with van der Waals surface area (Å²) in [6.45, 7) is 4.16. The third-order valence-electron chi connectivity index (χ3n) is 4.90. The molecular weight excluding hydrogens is 404 g/mol. The van der Waals surface area contributed by atoms with Crippen LogP contribution in [0, 0.1) is 6.92 Å². The van der Waals surface area contributed by atoms with Crippen LogP contribution in [-0.2, 0) is 11.2 Å². The van der Waals surface area contributed by atoms with Gasteiger partial charge < -0.3 is 5.32 Å². The van der Waals surface area contributed by atoms with Crippen molar-refractivity contribution in [1.82, 2.24) is 14.8 Å². The van der Waals surface area contributed by atoms with Crippen LogP contribution in [-0.4, -0.2) is 26.4 Å². The number of nitrogens with zero attached hydrogens (tertiary/aromatic N) is 3. The molecule has 0 aliphatic rings. The molecule has 0 fully saturated rings. The van der Waals surface area contributed by atoms with Gasteiger partial charge in [-0.1, -0.05) is 72.8 Å². The molecule has 5 nitrogen and oxygen atoms in total. The smallest absolute Gasteiger partial charge is 0.234 e. The monoisotopic (exact) mass is 428 g/mol. The van der Waals surface area contributed by atoms with Gasteiger partial charge in [0.05, 0.1) is 5.75 Å². The fraction of sp³-hybridized carbons (Fsp3) is 0.160. The second kappa shape index (κ2) is 9.62. The fourth-order valence-electron chi connectivity index (χ4n) is 3.30. The normalized spacial score (nSPS) is 10.8. The summed E-state index contributed by atoms with van der Waals surface area (Å²) in [7, 11) is 0. The van der Waals surface area contributed by atoms with E-state index < -0.39 is 0 Å². The molecule has 0 atom stereocenters. The molecule has 31 heavy (non-hydrogen) atoms. The van der Waals surface area contributed by atoms with Gasteiger partial charge in [-0.2, -0.15) is 0 Å². The number of aryl methyl sites for hydroxylation is 2. The van der Waals surface area contributed by atoms with E-state index in [1.165, 1.54) is 17.3 Å². The van der Waals surface area contributed by atoms with E-state index in [1.54, 1.807) is 0 Å². The molecule has 4 rings (SSSR count). The molecule has 0 aliphatic heterocycles. The lowest BCUT2D eigenvalue weighted by Gasteiger charge is -2.11. The third kappa shape index (κ3) is 5.03. The van der Waals surface area contributed by atoms with E-state index in [-0.39, 0.29) is 11.7 Å². The molecule has 0 spiro atoms. The van der Waals surface area contributed by atoms with E-state index in [9.17, 15) is 4.79 Å². The SMILES string of the molecule is CCc1ccc(NC(=O)CSc2nnc(-c3cccc(C)c3)n2-c2ccccc2)cc1. The number of para-hydroxylation sites is 1. The summed E-state index contributed by atoms with van der Waals surface area (Å²) < 4.78 is 2.00. The summed E-state index contributed by atoms with van der Waals surface area (Å²) in [5, 5.41) is 12.5. The van der Waals surface area contributed by atoms with E-state index in [0.717, 1.165) is 34.7 Å². The van der Waals surface area contributed by atoms with Crippen molar-refractivity contribution >= 4 is 23.4 Å². The molecule has 156 valence electrons. The molecule has 1 N–H and O–H groups in total. The minimum atomic E-state index is -0.0750. The van der Waals surface area contributed by atoms with Gasteiger partial charge in [0.2, 0.25) is 5.91 Å². The number of anilines is 1. The number of benzene rings is 3. The van der Waals surface area contributed by atoms with Crippen molar-refractivity contribution in [2.24, 2.45) is 0 Å². The van der Waals surface area contributed by atoms with E-state index in [1.807, 2.05) is 71.3 Å². The van der Waals surface area contributed by atoms with Gasteiger partial charge in [0.15, 0.2) is 11.0 Å². The zero-order chi connectivity index (χ0) is 21.6. The molecule has 1 aromatic heterocycles. The minimum absolute atomic E-state index is 0.0750. The maximum atomic E-state index is 12.5. The summed E-state index contributed by atoms with van der Waals surface area (Å²) in [5.41, 5.74) is 5.15. The van der Waals surface area contributed by atoms with Gasteiger partial charge in [-0.15, -0.1) is 10.2 Å². The lowest BCUT2D eigenvalue weighted by molar-refractivity contribution is -0.113. The van der Waals surface area contributed by atoms with Crippen LogP contribution in [0.4, 0.5) is 5.69 Å². The molecule has 3 aromatic carbocycles. The highest BCUT2D eigenvalue weighted by Gasteiger charge is 2.17. The van der Waals surface area contributed by atoms with Gasteiger partial charge in [0, 0.05) is 16.9 Å². The summed E-state index contributed by atoms with van der Waals surface area (Å²) in [6, 6.07) is 26.1.